The number of hydrogen-bond donors (Lipinski definition) is 1. The molecule has 1 aliphatic rings. The van der Waals surface area contributed by atoms with Crippen LogP contribution in [0.5, 0.6) is 5.75 Å². The molecule has 4 heteroatoms. The number of methoxy groups -OCH3 is 1. The van der Waals surface area contributed by atoms with E-state index in [4.69, 9.17) is 10.5 Å². The Kier molecular flexibility index (Phi) is 5.62. The van der Waals surface area contributed by atoms with Gasteiger partial charge in [0.2, 0.25) is 5.91 Å². The van der Waals surface area contributed by atoms with E-state index < -0.39 is 0 Å². The van der Waals surface area contributed by atoms with Crippen molar-refractivity contribution < 1.29 is 9.53 Å². The highest BCUT2D eigenvalue weighted by atomic mass is 16.5. The predicted molar refractivity (Wildman–Crippen MR) is 84.0 cm³/mol. The van der Waals surface area contributed by atoms with Gasteiger partial charge in [-0.1, -0.05) is 37.5 Å². The second-order valence-electron chi connectivity index (χ2n) is 5.91. The molecule has 0 bridgehead atoms. The van der Waals surface area contributed by atoms with Crippen LogP contribution in [0.25, 0.3) is 0 Å². The summed E-state index contributed by atoms with van der Waals surface area (Å²) in [5.41, 5.74) is 7.22. The number of amides is 1. The van der Waals surface area contributed by atoms with E-state index in [1.54, 1.807) is 12.0 Å². The van der Waals surface area contributed by atoms with Crippen LogP contribution in [0.15, 0.2) is 24.3 Å². The number of para-hydroxylation sites is 1. The third-order valence-electron chi connectivity index (χ3n) is 4.36. The van der Waals surface area contributed by atoms with Crippen LogP contribution >= 0.6 is 0 Å². The van der Waals surface area contributed by atoms with Crippen molar-refractivity contribution in [3.8, 4) is 5.75 Å². The van der Waals surface area contributed by atoms with Crippen LogP contribution in [-0.4, -0.2) is 31.0 Å². The van der Waals surface area contributed by atoms with Gasteiger partial charge in [0, 0.05) is 25.2 Å². The number of carbonyl (C=O) groups excluding carboxylic acids is 1. The predicted octanol–water partition coefficient (Wildman–Crippen LogP) is 2.56. The largest absolute Gasteiger partial charge is 0.496 e. The van der Waals surface area contributed by atoms with Crippen molar-refractivity contribution >= 4 is 5.91 Å². The van der Waals surface area contributed by atoms with E-state index in [1.165, 1.54) is 6.42 Å². The number of hydrogen-bond acceptors (Lipinski definition) is 3. The summed E-state index contributed by atoms with van der Waals surface area (Å²) in [4.78, 5) is 14.5. The fourth-order valence-corrected chi connectivity index (χ4v) is 3.09. The van der Waals surface area contributed by atoms with Gasteiger partial charge in [0.25, 0.3) is 0 Å². The summed E-state index contributed by atoms with van der Waals surface area (Å²) < 4.78 is 5.35. The monoisotopic (exact) mass is 290 g/mol. The first-order valence-corrected chi connectivity index (χ1v) is 7.76. The molecule has 1 amide bonds. The summed E-state index contributed by atoms with van der Waals surface area (Å²) >= 11 is 0. The zero-order valence-electron chi connectivity index (χ0n) is 13.0. The van der Waals surface area contributed by atoms with Gasteiger partial charge in [0.1, 0.15) is 5.75 Å². The molecule has 0 saturated heterocycles. The van der Waals surface area contributed by atoms with Crippen LogP contribution in [0.4, 0.5) is 0 Å². The first-order chi connectivity index (χ1) is 10.1. The van der Waals surface area contributed by atoms with E-state index in [0.29, 0.717) is 6.54 Å². The average Bonchev–Trinajstić information content (AvgIpc) is 2.71. The van der Waals surface area contributed by atoms with Crippen LogP contribution in [0.2, 0.25) is 0 Å². The van der Waals surface area contributed by atoms with E-state index in [2.05, 4.69) is 0 Å². The maximum atomic E-state index is 12.7. The maximum Gasteiger partial charge on any atom is 0.227 e. The van der Waals surface area contributed by atoms with E-state index in [1.807, 2.05) is 31.3 Å². The lowest BCUT2D eigenvalue weighted by atomic mass is 9.94. The van der Waals surface area contributed by atoms with Gasteiger partial charge < -0.3 is 15.4 Å². The van der Waals surface area contributed by atoms with Crippen molar-refractivity contribution in [2.45, 2.75) is 44.7 Å². The Hall–Kier alpha value is -1.55. The number of ether oxygens (including phenoxy) is 1. The molecule has 1 fully saturated rings. The molecule has 116 valence electrons. The van der Waals surface area contributed by atoms with Crippen LogP contribution < -0.4 is 10.5 Å². The molecule has 4 nitrogen and oxygen atoms in total. The number of nitrogens with zero attached hydrogens (tertiary/aromatic N) is 1. The van der Waals surface area contributed by atoms with Gasteiger partial charge in [-0.15, -0.1) is 0 Å². The molecular weight excluding hydrogens is 264 g/mol. The first-order valence-electron chi connectivity index (χ1n) is 7.76. The molecule has 2 N–H and O–H groups in total. The average molecular weight is 290 g/mol. The number of rotatable bonds is 4. The van der Waals surface area contributed by atoms with Crippen molar-refractivity contribution in [1.82, 2.24) is 4.90 Å². The molecule has 0 aromatic heterocycles. The molecule has 1 aromatic rings. The number of nitrogens with two attached hydrogens (primary N) is 1. The minimum atomic E-state index is -0.0350. The van der Waals surface area contributed by atoms with Gasteiger partial charge in [-0.25, -0.2) is 0 Å². The van der Waals surface area contributed by atoms with Gasteiger partial charge in [0.15, 0.2) is 0 Å². The van der Waals surface area contributed by atoms with Crippen LogP contribution in [0.3, 0.4) is 0 Å². The molecule has 1 aliphatic carbocycles. The van der Waals surface area contributed by atoms with Crippen molar-refractivity contribution in [2.24, 2.45) is 11.7 Å². The van der Waals surface area contributed by atoms with E-state index in [-0.39, 0.29) is 17.9 Å². The smallest absolute Gasteiger partial charge is 0.227 e. The molecule has 21 heavy (non-hydrogen) atoms. The molecule has 1 aromatic carbocycles. The normalized spacial score (nSPS) is 22.4. The second-order valence-corrected chi connectivity index (χ2v) is 5.91. The van der Waals surface area contributed by atoms with E-state index >= 15 is 0 Å². The van der Waals surface area contributed by atoms with Gasteiger partial charge >= 0.3 is 0 Å². The van der Waals surface area contributed by atoms with Gasteiger partial charge in [0.05, 0.1) is 13.0 Å². The summed E-state index contributed by atoms with van der Waals surface area (Å²) in [5, 5.41) is 0. The number of carbonyl (C=O) groups is 1. The zero-order valence-corrected chi connectivity index (χ0v) is 13.0. The summed E-state index contributed by atoms with van der Waals surface area (Å²) in [6.45, 7) is 0.562. The lowest BCUT2D eigenvalue weighted by Crippen LogP contribution is -2.42. The third kappa shape index (κ3) is 3.97. The lowest BCUT2D eigenvalue weighted by Gasteiger charge is -2.27. The Labute approximate surface area is 127 Å². The van der Waals surface area contributed by atoms with Crippen molar-refractivity contribution in [1.29, 1.82) is 0 Å². The minimum absolute atomic E-state index is 0.000110. The Balaban J connectivity index is 2.04. The summed E-state index contributed by atoms with van der Waals surface area (Å²) in [6, 6.07) is 7.82. The Morgan fingerprint density at radius 2 is 2.00 bits per heavy atom. The maximum absolute atomic E-state index is 12.7. The Morgan fingerprint density at radius 1 is 1.29 bits per heavy atom. The summed E-state index contributed by atoms with van der Waals surface area (Å²) in [5.74, 6) is 0.949. The Bertz CT molecular complexity index is 476. The van der Waals surface area contributed by atoms with Gasteiger partial charge in [-0.2, -0.15) is 0 Å². The SMILES string of the molecule is COc1ccccc1CN(C)C(=O)C1CCCCCC1N. The summed E-state index contributed by atoms with van der Waals surface area (Å²) in [7, 11) is 3.51. The standard InChI is InChI=1S/C17H26N2O2/c1-19(12-13-8-6-7-11-16(13)21-2)17(20)14-9-4-3-5-10-15(14)18/h6-8,11,14-15H,3-5,9-10,12,18H2,1-2H3. The fourth-order valence-electron chi connectivity index (χ4n) is 3.09. The molecule has 0 heterocycles. The van der Waals surface area contributed by atoms with E-state index in [0.717, 1.165) is 37.0 Å². The minimum Gasteiger partial charge on any atom is -0.496 e. The van der Waals surface area contributed by atoms with Crippen LogP contribution in [0.1, 0.15) is 37.7 Å². The quantitative estimate of drug-likeness (QED) is 0.867. The highest BCUT2D eigenvalue weighted by molar-refractivity contribution is 5.79. The highest BCUT2D eigenvalue weighted by Crippen LogP contribution is 2.25. The van der Waals surface area contributed by atoms with Crippen LogP contribution in [0, 0.1) is 5.92 Å². The summed E-state index contributed by atoms with van der Waals surface area (Å²) in [6.07, 6.45) is 5.30. The Morgan fingerprint density at radius 3 is 2.76 bits per heavy atom. The topological polar surface area (TPSA) is 55.6 Å². The molecular formula is C17H26N2O2. The van der Waals surface area contributed by atoms with Crippen molar-refractivity contribution in [3.63, 3.8) is 0 Å². The molecule has 2 unspecified atom stereocenters. The second kappa shape index (κ2) is 7.46. The van der Waals surface area contributed by atoms with Gasteiger partial charge in [-0.05, 0) is 18.9 Å². The van der Waals surface area contributed by atoms with Crippen molar-refractivity contribution in [3.05, 3.63) is 29.8 Å². The molecule has 2 rings (SSSR count). The van der Waals surface area contributed by atoms with Crippen LogP contribution in [-0.2, 0) is 11.3 Å². The van der Waals surface area contributed by atoms with Crippen molar-refractivity contribution in [2.75, 3.05) is 14.2 Å². The molecule has 1 saturated carbocycles. The fraction of sp³-hybridized carbons (Fsp3) is 0.588. The zero-order chi connectivity index (χ0) is 15.2. The van der Waals surface area contributed by atoms with E-state index in [9.17, 15) is 4.79 Å². The number of benzene rings is 1. The molecule has 0 spiro atoms. The van der Waals surface area contributed by atoms with Gasteiger partial charge in [-0.3, -0.25) is 4.79 Å². The highest BCUT2D eigenvalue weighted by Gasteiger charge is 2.29. The first kappa shape index (κ1) is 15.8. The molecule has 0 radical (unpaired) electrons. The molecule has 2 atom stereocenters. The lowest BCUT2D eigenvalue weighted by molar-refractivity contribution is -0.135. The third-order valence-corrected chi connectivity index (χ3v) is 4.36. The molecule has 0 aliphatic heterocycles.